The van der Waals surface area contributed by atoms with Crippen LogP contribution < -0.4 is 5.32 Å². The second kappa shape index (κ2) is 10.5. The lowest BCUT2D eigenvalue weighted by molar-refractivity contribution is -0.151. The molecule has 2 heterocycles. The average Bonchev–Trinajstić information content (AvgIpc) is 3.47. The lowest BCUT2D eigenvalue weighted by atomic mass is 9.76. The van der Waals surface area contributed by atoms with E-state index in [9.17, 15) is 19.5 Å². The van der Waals surface area contributed by atoms with Gasteiger partial charge in [0.1, 0.15) is 5.54 Å². The number of carbonyl (C=O) groups excluding carboxylic acids is 2. The SMILES string of the molecule is C#CCN1C(=O)C2C(c3ccc(C=Cc4ccccc4)cc3)NC(Cc3ccc4ccccc4c3)(C(=O)O)C2C1=O. The van der Waals surface area contributed by atoms with Gasteiger partial charge in [-0.3, -0.25) is 24.6 Å². The molecular weight excluding hydrogens is 512 g/mol. The summed E-state index contributed by atoms with van der Waals surface area (Å²) >= 11 is 0. The van der Waals surface area contributed by atoms with Crippen molar-refractivity contribution in [3.8, 4) is 12.3 Å². The molecule has 0 bridgehead atoms. The topological polar surface area (TPSA) is 86.7 Å². The molecule has 6 nitrogen and oxygen atoms in total. The summed E-state index contributed by atoms with van der Waals surface area (Å²) in [6, 6.07) is 30.5. The fourth-order valence-corrected chi connectivity index (χ4v) is 6.27. The molecule has 41 heavy (non-hydrogen) atoms. The number of carboxylic acid groups (broad SMARTS) is 1. The van der Waals surface area contributed by atoms with E-state index in [0.717, 1.165) is 37.9 Å². The lowest BCUT2D eigenvalue weighted by Gasteiger charge is -2.31. The molecule has 2 aliphatic rings. The van der Waals surface area contributed by atoms with E-state index in [1.54, 1.807) is 0 Å². The Balaban J connectivity index is 1.38. The third-order valence-corrected chi connectivity index (χ3v) is 8.24. The molecule has 0 saturated carbocycles. The summed E-state index contributed by atoms with van der Waals surface area (Å²) in [4.78, 5) is 41.4. The first kappa shape index (κ1) is 26.2. The Morgan fingerprint density at radius 2 is 1.54 bits per heavy atom. The molecule has 6 heteroatoms. The normalized spacial score (nSPS) is 23.7. The summed E-state index contributed by atoms with van der Waals surface area (Å²) in [5.41, 5.74) is 1.83. The maximum Gasteiger partial charge on any atom is 0.325 e. The van der Waals surface area contributed by atoms with Gasteiger partial charge in [0.2, 0.25) is 11.8 Å². The molecule has 0 aliphatic carbocycles. The molecule has 0 spiro atoms. The van der Waals surface area contributed by atoms with Gasteiger partial charge < -0.3 is 5.11 Å². The molecule has 2 N–H and O–H groups in total. The molecule has 2 aliphatic heterocycles. The van der Waals surface area contributed by atoms with Crippen molar-refractivity contribution in [1.82, 2.24) is 10.2 Å². The van der Waals surface area contributed by atoms with E-state index in [1.807, 2.05) is 109 Å². The van der Waals surface area contributed by atoms with Crippen LogP contribution in [0.1, 0.15) is 28.3 Å². The average molecular weight is 541 g/mol. The number of carboxylic acids is 1. The zero-order chi connectivity index (χ0) is 28.6. The Morgan fingerprint density at radius 3 is 2.22 bits per heavy atom. The molecule has 4 aromatic rings. The van der Waals surface area contributed by atoms with Gasteiger partial charge in [-0.15, -0.1) is 6.42 Å². The molecule has 0 radical (unpaired) electrons. The van der Waals surface area contributed by atoms with Crippen LogP contribution in [-0.4, -0.2) is 39.9 Å². The van der Waals surface area contributed by atoms with Crippen molar-refractivity contribution in [1.29, 1.82) is 0 Å². The van der Waals surface area contributed by atoms with Crippen molar-refractivity contribution in [2.75, 3.05) is 6.54 Å². The minimum Gasteiger partial charge on any atom is -0.480 e. The maximum atomic E-state index is 13.7. The Labute approximate surface area is 238 Å². The monoisotopic (exact) mass is 540 g/mol. The van der Waals surface area contributed by atoms with E-state index >= 15 is 0 Å². The maximum absolute atomic E-state index is 13.7. The van der Waals surface area contributed by atoms with Crippen LogP contribution in [0.3, 0.4) is 0 Å². The summed E-state index contributed by atoms with van der Waals surface area (Å²) in [5, 5.41) is 16.0. The number of likely N-dealkylation sites (tertiary alicyclic amines) is 1. The zero-order valence-corrected chi connectivity index (χ0v) is 22.2. The van der Waals surface area contributed by atoms with Gasteiger partial charge in [-0.2, -0.15) is 0 Å². The van der Waals surface area contributed by atoms with Crippen LogP contribution in [0, 0.1) is 24.2 Å². The number of rotatable bonds is 7. The van der Waals surface area contributed by atoms with E-state index in [4.69, 9.17) is 6.42 Å². The van der Waals surface area contributed by atoms with Crippen LogP contribution >= 0.6 is 0 Å². The van der Waals surface area contributed by atoms with Gasteiger partial charge >= 0.3 is 5.97 Å². The van der Waals surface area contributed by atoms with Gasteiger partial charge in [-0.05, 0) is 33.0 Å². The predicted octanol–water partition coefficient (Wildman–Crippen LogP) is 4.96. The molecule has 4 unspecified atom stereocenters. The van der Waals surface area contributed by atoms with Crippen molar-refractivity contribution in [2.24, 2.45) is 11.8 Å². The highest BCUT2D eigenvalue weighted by molar-refractivity contribution is 6.09. The number of nitrogens with one attached hydrogen (secondary N) is 1. The highest BCUT2D eigenvalue weighted by atomic mass is 16.4. The van der Waals surface area contributed by atoms with Crippen LogP contribution in [0.5, 0.6) is 0 Å². The first-order chi connectivity index (χ1) is 19.9. The highest BCUT2D eigenvalue weighted by Crippen LogP contribution is 2.50. The minimum absolute atomic E-state index is 0.0334. The molecule has 2 amide bonds. The van der Waals surface area contributed by atoms with Crippen molar-refractivity contribution < 1.29 is 19.5 Å². The Morgan fingerprint density at radius 1 is 0.878 bits per heavy atom. The number of hydrogen-bond donors (Lipinski definition) is 2. The number of carbonyl (C=O) groups is 3. The standard InChI is InChI=1S/C35H28N2O4/c1-2-20-37-32(38)29-30(33(37)39)35(34(40)41,22-25-16-17-26-10-6-7-11-28(26)21-25)36-31(29)27-18-14-24(15-19-27)13-12-23-8-4-3-5-9-23/h1,3-19,21,29-31,36H,20,22H2,(H,40,41). The molecule has 4 atom stereocenters. The summed E-state index contributed by atoms with van der Waals surface area (Å²) < 4.78 is 0. The number of imide groups is 1. The van der Waals surface area contributed by atoms with Gasteiger partial charge in [0.05, 0.1) is 18.4 Å². The van der Waals surface area contributed by atoms with Crippen molar-refractivity contribution in [3.63, 3.8) is 0 Å². The van der Waals surface area contributed by atoms with Crippen LogP contribution in [0.25, 0.3) is 22.9 Å². The fourth-order valence-electron chi connectivity index (χ4n) is 6.27. The number of aliphatic carboxylic acids is 1. The number of amides is 2. The Hall–Kier alpha value is -4.99. The summed E-state index contributed by atoms with van der Waals surface area (Å²) in [7, 11) is 0. The molecular formula is C35H28N2O4. The number of benzene rings is 4. The van der Waals surface area contributed by atoms with Crippen molar-refractivity contribution in [2.45, 2.75) is 18.0 Å². The smallest absolute Gasteiger partial charge is 0.325 e. The van der Waals surface area contributed by atoms with Gasteiger partial charge in [0, 0.05) is 12.5 Å². The van der Waals surface area contributed by atoms with Crippen LogP contribution in [0.2, 0.25) is 0 Å². The summed E-state index contributed by atoms with van der Waals surface area (Å²) in [5.74, 6) is -1.76. The van der Waals surface area contributed by atoms with E-state index < -0.39 is 41.2 Å². The van der Waals surface area contributed by atoms with E-state index in [0.29, 0.717) is 0 Å². The van der Waals surface area contributed by atoms with Crippen LogP contribution in [0.4, 0.5) is 0 Å². The number of hydrogen-bond acceptors (Lipinski definition) is 4. The van der Waals surface area contributed by atoms with Gasteiger partial charge in [0.15, 0.2) is 0 Å². The van der Waals surface area contributed by atoms with E-state index in [2.05, 4.69) is 11.2 Å². The van der Waals surface area contributed by atoms with Crippen LogP contribution in [-0.2, 0) is 20.8 Å². The van der Waals surface area contributed by atoms with Gasteiger partial charge in [-0.25, -0.2) is 0 Å². The van der Waals surface area contributed by atoms with E-state index in [-0.39, 0.29) is 13.0 Å². The molecule has 202 valence electrons. The van der Waals surface area contributed by atoms with Crippen molar-refractivity contribution in [3.05, 3.63) is 119 Å². The number of fused-ring (bicyclic) bond motifs is 2. The number of terminal acetylenes is 1. The first-order valence-corrected chi connectivity index (χ1v) is 13.5. The predicted molar refractivity (Wildman–Crippen MR) is 158 cm³/mol. The Bertz CT molecular complexity index is 1720. The lowest BCUT2D eigenvalue weighted by Crippen LogP contribution is -2.57. The zero-order valence-electron chi connectivity index (χ0n) is 22.2. The second-order valence-electron chi connectivity index (χ2n) is 10.6. The van der Waals surface area contributed by atoms with Crippen molar-refractivity contribution >= 4 is 40.7 Å². The van der Waals surface area contributed by atoms with E-state index in [1.165, 1.54) is 0 Å². The molecule has 6 rings (SSSR count). The summed E-state index contributed by atoms with van der Waals surface area (Å²) in [6.07, 6.45) is 9.52. The third-order valence-electron chi connectivity index (χ3n) is 8.24. The molecule has 0 aromatic heterocycles. The molecule has 2 fully saturated rings. The minimum atomic E-state index is -1.69. The largest absolute Gasteiger partial charge is 0.480 e. The second-order valence-corrected chi connectivity index (χ2v) is 10.6. The molecule has 2 saturated heterocycles. The highest BCUT2D eigenvalue weighted by Gasteiger charge is 2.68. The third kappa shape index (κ3) is 4.61. The quantitative estimate of drug-likeness (QED) is 0.197. The van der Waals surface area contributed by atoms with Gasteiger partial charge in [-0.1, -0.05) is 115 Å². The summed E-state index contributed by atoms with van der Waals surface area (Å²) in [6.45, 7) is -0.188. The van der Waals surface area contributed by atoms with Crippen LogP contribution in [0.15, 0.2) is 97.1 Å². The van der Waals surface area contributed by atoms with Gasteiger partial charge in [0.25, 0.3) is 0 Å². The molecule has 4 aromatic carbocycles. The first-order valence-electron chi connectivity index (χ1n) is 13.5. The Kier molecular flexibility index (Phi) is 6.74. The number of nitrogens with zero attached hydrogens (tertiary/aromatic N) is 1. The fraction of sp³-hybridized carbons (Fsp3) is 0.171.